The summed E-state index contributed by atoms with van der Waals surface area (Å²) in [6, 6.07) is 1.23. The number of unbranched alkanes of at least 4 members (excludes halogenated alkanes) is 2. The molecule has 1 aromatic rings. The van der Waals surface area contributed by atoms with E-state index in [2.05, 4.69) is 18.7 Å². The number of phenols is 2. The minimum Gasteiger partial charge on any atom is -0.507 e. The standard InChI is InChI=1S/C35H47NO6/c1-7-9-15-36(16-10-8-2)19-25-24-17-26-31(39)30-29(38)18-28(37)23(12-11-21(3)4)32(30)42-35(26)27(25)20-41-34(35,33(24)40)14-13-22(5)6/h11,13,17-18,24-25,27,37-38H,7-10,12,14-16,19-20H2,1-6H3. The van der Waals surface area contributed by atoms with Gasteiger partial charge in [0, 0.05) is 42.0 Å². The summed E-state index contributed by atoms with van der Waals surface area (Å²) in [6.07, 6.45) is 10.8. The fourth-order valence-corrected chi connectivity index (χ4v) is 7.59. The first kappa shape index (κ1) is 30.6. The van der Waals surface area contributed by atoms with Crippen molar-refractivity contribution in [3.05, 3.63) is 52.1 Å². The average Bonchev–Trinajstić information content (AvgIpc) is 3.22. The Morgan fingerprint density at radius 2 is 1.69 bits per heavy atom. The topological polar surface area (TPSA) is 96.3 Å². The zero-order chi connectivity index (χ0) is 30.4. The van der Waals surface area contributed by atoms with Gasteiger partial charge in [-0.25, -0.2) is 0 Å². The molecule has 0 amide bonds. The molecule has 0 aromatic heterocycles. The van der Waals surface area contributed by atoms with Gasteiger partial charge in [0.15, 0.2) is 22.8 Å². The number of Topliss-reactive ketones (excluding diaryl/α,β-unsaturated/α-hetero) is 2. The molecule has 7 heteroatoms. The SMILES string of the molecule is CCCCN(CCCC)CC1C2C=C3C(=O)c4c(O)cc(O)c(CC=C(C)C)c4OC34C1COC4(CC=C(C)C)C2=O. The molecule has 228 valence electrons. The molecule has 5 atom stereocenters. The Morgan fingerprint density at radius 3 is 2.31 bits per heavy atom. The molecule has 2 N–H and O–H groups in total. The van der Waals surface area contributed by atoms with E-state index in [-0.39, 0.29) is 46.2 Å². The zero-order valence-corrected chi connectivity index (χ0v) is 26.1. The Morgan fingerprint density at radius 1 is 1.02 bits per heavy atom. The highest BCUT2D eigenvalue weighted by Crippen LogP contribution is 2.65. The van der Waals surface area contributed by atoms with E-state index in [0.29, 0.717) is 30.6 Å². The Labute approximate surface area is 250 Å². The minimum atomic E-state index is -1.35. The lowest BCUT2D eigenvalue weighted by atomic mass is 9.49. The lowest BCUT2D eigenvalue weighted by Crippen LogP contribution is -2.74. The molecule has 42 heavy (non-hydrogen) atoms. The molecule has 2 heterocycles. The van der Waals surface area contributed by atoms with Gasteiger partial charge in [-0.15, -0.1) is 0 Å². The van der Waals surface area contributed by atoms with Crippen LogP contribution in [0.4, 0.5) is 0 Å². The number of carbonyl (C=O) groups excluding carboxylic acids is 2. The van der Waals surface area contributed by atoms with Crippen LogP contribution in [0.3, 0.4) is 0 Å². The van der Waals surface area contributed by atoms with Crippen LogP contribution in [0, 0.1) is 17.8 Å². The molecule has 5 aliphatic rings. The van der Waals surface area contributed by atoms with Crippen molar-refractivity contribution in [3.63, 3.8) is 0 Å². The lowest BCUT2D eigenvalue weighted by Gasteiger charge is -2.59. The summed E-state index contributed by atoms with van der Waals surface area (Å²) >= 11 is 0. The van der Waals surface area contributed by atoms with Crippen molar-refractivity contribution in [1.29, 1.82) is 0 Å². The van der Waals surface area contributed by atoms with Crippen molar-refractivity contribution in [3.8, 4) is 17.2 Å². The second-order valence-electron chi connectivity index (χ2n) is 13.1. The number of fused-ring (bicyclic) bond motifs is 1. The van der Waals surface area contributed by atoms with E-state index >= 15 is 0 Å². The van der Waals surface area contributed by atoms with E-state index in [1.807, 2.05) is 45.9 Å². The fourth-order valence-electron chi connectivity index (χ4n) is 7.59. The maximum atomic E-state index is 14.6. The van der Waals surface area contributed by atoms with Crippen molar-refractivity contribution in [2.24, 2.45) is 17.8 Å². The number of ether oxygens (including phenoxy) is 2. The van der Waals surface area contributed by atoms with Crippen LogP contribution in [0.25, 0.3) is 0 Å². The minimum absolute atomic E-state index is 0.0279. The summed E-state index contributed by atoms with van der Waals surface area (Å²) < 4.78 is 13.6. The van der Waals surface area contributed by atoms with E-state index in [4.69, 9.17) is 9.47 Å². The average molecular weight is 578 g/mol. The summed E-state index contributed by atoms with van der Waals surface area (Å²) in [5.41, 5.74) is 0.336. The number of hydrogen-bond acceptors (Lipinski definition) is 7. The normalized spacial score (nSPS) is 28.7. The summed E-state index contributed by atoms with van der Waals surface area (Å²) in [7, 11) is 0. The highest BCUT2D eigenvalue weighted by Gasteiger charge is 2.79. The smallest absolute Gasteiger partial charge is 0.200 e. The molecule has 4 bridgehead atoms. The number of aromatic hydroxyl groups is 2. The molecule has 7 nitrogen and oxygen atoms in total. The summed E-state index contributed by atoms with van der Waals surface area (Å²) in [5.74, 6) is -1.41. The van der Waals surface area contributed by atoms with Crippen LogP contribution < -0.4 is 4.74 Å². The molecule has 0 radical (unpaired) electrons. The van der Waals surface area contributed by atoms with Gasteiger partial charge in [-0.3, -0.25) is 9.59 Å². The molecule has 3 aliphatic carbocycles. The molecule has 1 spiro atoms. The summed E-state index contributed by atoms with van der Waals surface area (Å²) in [5, 5.41) is 21.9. The predicted octanol–water partition coefficient (Wildman–Crippen LogP) is 6.32. The van der Waals surface area contributed by atoms with Gasteiger partial charge in [-0.05, 0) is 66.0 Å². The first-order valence-corrected chi connectivity index (χ1v) is 15.7. The first-order chi connectivity index (χ1) is 20.0. The van der Waals surface area contributed by atoms with Crippen molar-refractivity contribution in [1.82, 2.24) is 4.90 Å². The summed E-state index contributed by atoms with van der Waals surface area (Å²) in [6.45, 7) is 15.3. The molecular weight excluding hydrogens is 530 g/mol. The predicted molar refractivity (Wildman–Crippen MR) is 163 cm³/mol. The molecular formula is C35H47NO6. The Bertz CT molecular complexity index is 1340. The van der Waals surface area contributed by atoms with Crippen molar-refractivity contribution in [2.45, 2.75) is 91.3 Å². The number of nitrogens with zero attached hydrogens (tertiary/aromatic N) is 1. The second kappa shape index (κ2) is 11.6. The van der Waals surface area contributed by atoms with E-state index in [1.165, 1.54) is 6.07 Å². The molecule has 5 unspecified atom stereocenters. The lowest BCUT2D eigenvalue weighted by molar-refractivity contribution is -0.171. The van der Waals surface area contributed by atoms with Crippen LogP contribution in [-0.4, -0.2) is 64.1 Å². The quantitative estimate of drug-likeness (QED) is 0.281. The van der Waals surface area contributed by atoms with Crippen molar-refractivity contribution in [2.75, 3.05) is 26.2 Å². The molecule has 1 saturated carbocycles. The van der Waals surface area contributed by atoms with E-state index in [0.717, 1.165) is 56.5 Å². The van der Waals surface area contributed by atoms with Crippen LogP contribution in [0.5, 0.6) is 17.2 Å². The highest BCUT2D eigenvalue weighted by molar-refractivity contribution is 6.18. The number of carbonyl (C=O) groups is 2. The number of allylic oxidation sites excluding steroid dienone is 4. The fraction of sp³-hybridized carbons (Fsp3) is 0.600. The van der Waals surface area contributed by atoms with Gasteiger partial charge in [0.2, 0.25) is 0 Å². The zero-order valence-electron chi connectivity index (χ0n) is 26.1. The molecule has 2 aliphatic heterocycles. The Hall–Kier alpha value is -2.90. The molecule has 1 aromatic carbocycles. The van der Waals surface area contributed by atoms with Gasteiger partial charge in [0.05, 0.1) is 6.61 Å². The maximum Gasteiger partial charge on any atom is 0.200 e. The monoisotopic (exact) mass is 577 g/mol. The van der Waals surface area contributed by atoms with Gasteiger partial charge in [0.1, 0.15) is 22.8 Å². The maximum absolute atomic E-state index is 14.6. The van der Waals surface area contributed by atoms with Crippen LogP contribution in [0.2, 0.25) is 0 Å². The van der Waals surface area contributed by atoms with Crippen LogP contribution in [-0.2, 0) is 16.0 Å². The summed E-state index contributed by atoms with van der Waals surface area (Å²) in [4.78, 5) is 31.4. The number of phenolic OH excluding ortho intramolecular Hbond substituents is 2. The van der Waals surface area contributed by atoms with Crippen LogP contribution >= 0.6 is 0 Å². The highest BCUT2D eigenvalue weighted by atomic mass is 16.6. The van der Waals surface area contributed by atoms with E-state index in [9.17, 15) is 19.8 Å². The Kier molecular flexibility index (Phi) is 8.47. The number of ketones is 2. The molecule has 2 fully saturated rings. The van der Waals surface area contributed by atoms with Gasteiger partial charge < -0.3 is 24.6 Å². The molecule has 1 saturated heterocycles. The number of hydrogen-bond donors (Lipinski definition) is 2. The second-order valence-corrected chi connectivity index (χ2v) is 13.1. The van der Waals surface area contributed by atoms with Gasteiger partial charge in [-0.1, -0.05) is 56.1 Å². The van der Waals surface area contributed by atoms with E-state index in [1.54, 1.807) is 0 Å². The van der Waals surface area contributed by atoms with E-state index < -0.39 is 17.1 Å². The number of benzene rings is 1. The molecule has 6 rings (SSSR count). The first-order valence-electron chi connectivity index (χ1n) is 15.7. The van der Waals surface area contributed by atoms with Crippen molar-refractivity contribution < 1.29 is 29.3 Å². The third-order valence-corrected chi connectivity index (χ3v) is 9.77. The third kappa shape index (κ3) is 4.64. The van der Waals surface area contributed by atoms with Gasteiger partial charge in [-0.2, -0.15) is 0 Å². The van der Waals surface area contributed by atoms with Crippen LogP contribution in [0.1, 0.15) is 89.6 Å². The number of rotatable bonds is 12. The third-order valence-electron chi connectivity index (χ3n) is 9.77. The Balaban J connectivity index is 1.69. The van der Waals surface area contributed by atoms with Gasteiger partial charge >= 0.3 is 0 Å². The van der Waals surface area contributed by atoms with Crippen LogP contribution in [0.15, 0.2) is 41.0 Å². The largest absolute Gasteiger partial charge is 0.507 e. The van der Waals surface area contributed by atoms with Crippen molar-refractivity contribution >= 4 is 11.6 Å². The van der Waals surface area contributed by atoms with Gasteiger partial charge in [0.25, 0.3) is 0 Å².